The predicted octanol–water partition coefficient (Wildman–Crippen LogP) is 4.33. The van der Waals surface area contributed by atoms with E-state index in [0.29, 0.717) is 50.4 Å². The molecule has 1 N–H and O–H groups in total. The number of furan rings is 1. The predicted molar refractivity (Wildman–Crippen MR) is 120 cm³/mol. The van der Waals surface area contributed by atoms with Crippen LogP contribution < -0.4 is 10.1 Å². The van der Waals surface area contributed by atoms with Crippen LogP contribution in [-0.4, -0.2) is 51.9 Å². The maximum Gasteiger partial charge on any atom is 0.284 e. The maximum absolute atomic E-state index is 13.6. The van der Waals surface area contributed by atoms with Gasteiger partial charge in [0.15, 0.2) is 5.75 Å². The average Bonchev–Trinajstić information content (AvgIpc) is 3.32. The fourth-order valence-electron chi connectivity index (χ4n) is 4.33. The number of ether oxygens (including phenoxy) is 1. The number of rotatable bonds is 4. The number of nitrogens with zero attached hydrogens (tertiary/aromatic N) is 3. The topological polar surface area (TPSA) is 89.1 Å². The summed E-state index contributed by atoms with van der Waals surface area (Å²) < 4.78 is 40.6. The smallest absolute Gasteiger partial charge is 0.284 e. The number of benzene rings is 1. The highest BCUT2D eigenvalue weighted by Gasteiger charge is 2.54. The Bertz CT molecular complexity index is 1470. The highest BCUT2D eigenvalue weighted by atomic mass is 19.3. The van der Waals surface area contributed by atoms with Crippen molar-refractivity contribution in [3.8, 4) is 11.5 Å². The number of hydrogen-bond acceptors (Lipinski definition) is 5. The number of nitrogens with one attached hydrogen (secondary N) is 1. The van der Waals surface area contributed by atoms with Crippen LogP contribution in [0.1, 0.15) is 39.0 Å². The number of aryl methyl sites for hydroxylation is 2. The first-order valence-corrected chi connectivity index (χ1v) is 10.7. The van der Waals surface area contributed by atoms with Gasteiger partial charge in [0.2, 0.25) is 0 Å². The third kappa shape index (κ3) is 3.20. The average molecular weight is 468 g/mol. The number of carbonyl (C=O) groups excluding carboxylic acids is 2. The molecule has 0 radical (unpaired) electrons. The lowest BCUT2D eigenvalue weighted by molar-refractivity contribution is -0.156. The van der Waals surface area contributed by atoms with Crippen molar-refractivity contribution in [2.75, 3.05) is 13.6 Å². The van der Waals surface area contributed by atoms with E-state index < -0.39 is 24.4 Å². The number of aromatic nitrogens is 2. The van der Waals surface area contributed by atoms with Gasteiger partial charge in [-0.1, -0.05) is 0 Å². The molecule has 3 aromatic heterocycles. The van der Waals surface area contributed by atoms with Crippen molar-refractivity contribution in [2.24, 2.45) is 0 Å². The van der Waals surface area contributed by atoms with E-state index in [0.717, 1.165) is 4.90 Å². The van der Waals surface area contributed by atoms with Gasteiger partial charge in [-0.3, -0.25) is 9.59 Å². The van der Waals surface area contributed by atoms with Crippen molar-refractivity contribution in [1.29, 1.82) is 0 Å². The van der Waals surface area contributed by atoms with Gasteiger partial charge in [-0.2, -0.15) is 5.10 Å². The molecule has 1 aliphatic rings. The highest BCUT2D eigenvalue weighted by Crippen LogP contribution is 2.38. The third-order valence-corrected chi connectivity index (χ3v) is 6.36. The van der Waals surface area contributed by atoms with Gasteiger partial charge in [-0.15, -0.1) is 0 Å². The SMILES string of the molecule is CNC(=O)c1c(C)oc2cc(Oc3ccnn4cc(C(=O)N5CC(F)(F)[C@H]5C)c(C)c34)ccc12. The Hall–Kier alpha value is -3.95. The standard InChI is InChI=1S/C24H22F2N4O4/c1-12-17(23(32)29-11-24(25,26)14(29)3)10-30-21(12)18(7-8-28-30)34-15-5-6-16-19(9-15)33-13(2)20(16)22(31)27-4/h5-10,14H,11H2,1-4H3,(H,27,31)/t14-/m1/s1. The Morgan fingerprint density at radius 3 is 2.71 bits per heavy atom. The second kappa shape index (κ2) is 7.54. The summed E-state index contributed by atoms with van der Waals surface area (Å²) in [5, 5.41) is 7.51. The molecule has 0 unspecified atom stereocenters. The van der Waals surface area contributed by atoms with E-state index in [1.165, 1.54) is 23.8 Å². The molecular formula is C24H22F2N4O4. The molecule has 0 spiro atoms. The molecule has 1 saturated heterocycles. The van der Waals surface area contributed by atoms with Crippen LogP contribution >= 0.6 is 0 Å². The van der Waals surface area contributed by atoms with Gasteiger partial charge < -0.3 is 19.4 Å². The first-order valence-electron chi connectivity index (χ1n) is 10.7. The van der Waals surface area contributed by atoms with Crippen molar-refractivity contribution in [2.45, 2.75) is 32.7 Å². The molecule has 0 saturated carbocycles. The molecule has 176 valence electrons. The second-order valence-corrected chi connectivity index (χ2v) is 8.40. The van der Waals surface area contributed by atoms with Gasteiger partial charge in [0.05, 0.1) is 29.9 Å². The van der Waals surface area contributed by atoms with Crippen LogP contribution in [0, 0.1) is 13.8 Å². The number of halogens is 2. The number of alkyl halides is 2. The molecule has 10 heteroatoms. The van der Waals surface area contributed by atoms with Crippen LogP contribution in [0.4, 0.5) is 8.78 Å². The van der Waals surface area contributed by atoms with Crippen LogP contribution in [-0.2, 0) is 0 Å². The first-order chi connectivity index (χ1) is 16.1. The Morgan fingerprint density at radius 1 is 1.26 bits per heavy atom. The lowest BCUT2D eigenvalue weighted by atomic mass is 9.98. The number of fused-ring (bicyclic) bond motifs is 2. The molecule has 34 heavy (non-hydrogen) atoms. The summed E-state index contributed by atoms with van der Waals surface area (Å²) in [5.41, 5.74) is 2.37. The molecule has 1 atom stereocenters. The minimum Gasteiger partial charge on any atom is -0.460 e. The molecule has 2 amide bonds. The summed E-state index contributed by atoms with van der Waals surface area (Å²) in [5.74, 6) is -2.20. The Balaban J connectivity index is 1.50. The number of carbonyl (C=O) groups is 2. The van der Waals surface area contributed by atoms with Crippen molar-refractivity contribution in [1.82, 2.24) is 19.8 Å². The van der Waals surface area contributed by atoms with E-state index in [4.69, 9.17) is 9.15 Å². The van der Waals surface area contributed by atoms with E-state index in [2.05, 4.69) is 10.4 Å². The summed E-state index contributed by atoms with van der Waals surface area (Å²) in [6, 6.07) is 5.64. The fourth-order valence-corrected chi connectivity index (χ4v) is 4.33. The minimum atomic E-state index is -2.88. The summed E-state index contributed by atoms with van der Waals surface area (Å²) in [6.07, 6.45) is 3.05. The Morgan fingerprint density at radius 2 is 2.03 bits per heavy atom. The Labute approximate surface area is 193 Å². The highest BCUT2D eigenvalue weighted by molar-refractivity contribution is 6.07. The normalized spacial score (nSPS) is 17.1. The molecule has 0 aliphatic carbocycles. The molecule has 1 fully saturated rings. The van der Waals surface area contributed by atoms with Gasteiger partial charge >= 0.3 is 0 Å². The van der Waals surface area contributed by atoms with E-state index in [1.807, 2.05) is 0 Å². The zero-order valence-corrected chi connectivity index (χ0v) is 19.0. The van der Waals surface area contributed by atoms with Gasteiger partial charge in [0.25, 0.3) is 17.7 Å². The fraction of sp³-hybridized carbons (Fsp3) is 0.292. The van der Waals surface area contributed by atoms with Crippen LogP contribution in [0.3, 0.4) is 0 Å². The van der Waals surface area contributed by atoms with Crippen molar-refractivity contribution < 1.29 is 27.5 Å². The van der Waals surface area contributed by atoms with E-state index in [-0.39, 0.29) is 5.91 Å². The van der Waals surface area contributed by atoms with Gasteiger partial charge in [0, 0.05) is 30.8 Å². The third-order valence-electron chi connectivity index (χ3n) is 6.36. The molecule has 8 nitrogen and oxygen atoms in total. The lowest BCUT2D eigenvalue weighted by Gasteiger charge is -2.45. The van der Waals surface area contributed by atoms with Crippen LogP contribution in [0.15, 0.2) is 41.1 Å². The van der Waals surface area contributed by atoms with Crippen LogP contribution in [0.5, 0.6) is 11.5 Å². The largest absolute Gasteiger partial charge is 0.460 e. The second-order valence-electron chi connectivity index (χ2n) is 8.40. The first kappa shape index (κ1) is 21.9. The quantitative estimate of drug-likeness (QED) is 0.482. The summed E-state index contributed by atoms with van der Waals surface area (Å²) in [7, 11) is 1.56. The maximum atomic E-state index is 13.6. The monoisotopic (exact) mass is 468 g/mol. The van der Waals surface area contributed by atoms with Crippen LogP contribution in [0.2, 0.25) is 0 Å². The minimum absolute atomic E-state index is 0.240. The zero-order chi connectivity index (χ0) is 24.4. The molecule has 0 bridgehead atoms. The van der Waals surface area contributed by atoms with Crippen molar-refractivity contribution in [3.05, 3.63) is 59.1 Å². The summed E-state index contributed by atoms with van der Waals surface area (Å²) >= 11 is 0. The number of likely N-dealkylation sites (tertiary alicyclic amines) is 1. The summed E-state index contributed by atoms with van der Waals surface area (Å²) in [6.45, 7) is 4.18. The van der Waals surface area contributed by atoms with Gasteiger partial charge in [0.1, 0.15) is 22.6 Å². The molecule has 4 heterocycles. The van der Waals surface area contributed by atoms with Gasteiger partial charge in [-0.05, 0) is 38.5 Å². The molecule has 1 aromatic carbocycles. The lowest BCUT2D eigenvalue weighted by Crippen LogP contribution is -2.65. The molecule has 4 aromatic rings. The summed E-state index contributed by atoms with van der Waals surface area (Å²) in [4.78, 5) is 26.2. The van der Waals surface area contributed by atoms with Crippen molar-refractivity contribution in [3.63, 3.8) is 0 Å². The number of amides is 2. The van der Waals surface area contributed by atoms with Crippen LogP contribution in [0.25, 0.3) is 16.5 Å². The molecule has 5 rings (SSSR count). The van der Waals surface area contributed by atoms with Crippen molar-refractivity contribution >= 4 is 28.3 Å². The molecular weight excluding hydrogens is 446 g/mol. The molecule has 1 aliphatic heterocycles. The van der Waals surface area contributed by atoms with E-state index in [1.54, 1.807) is 45.2 Å². The Kier molecular flexibility index (Phi) is 4.85. The van der Waals surface area contributed by atoms with E-state index >= 15 is 0 Å². The zero-order valence-electron chi connectivity index (χ0n) is 19.0. The van der Waals surface area contributed by atoms with Gasteiger partial charge in [-0.25, -0.2) is 13.3 Å². The van der Waals surface area contributed by atoms with E-state index in [9.17, 15) is 18.4 Å². The number of hydrogen-bond donors (Lipinski definition) is 1.